The Morgan fingerprint density at radius 3 is 1.38 bits per heavy atom. The van der Waals surface area contributed by atoms with Crippen LogP contribution >= 0.6 is 0 Å². The molecule has 0 aromatic carbocycles. The molecule has 0 spiro atoms. The summed E-state index contributed by atoms with van der Waals surface area (Å²) < 4.78 is 52.0. The summed E-state index contributed by atoms with van der Waals surface area (Å²) in [4.78, 5) is 0. The summed E-state index contributed by atoms with van der Waals surface area (Å²) in [6.07, 6.45) is 8.78. The van der Waals surface area contributed by atoms with E-state index < -0.39 is 12.1 Å². The number of fused-ring (bicyclic) bond motifs is 3. The summed E-state index contributed by atoms with van der Waals surface area (Å²) in [6, 6.07) is 0. The van der Waals surface area contributed by atoms with E-state index in [0.29, 0.717) is 48.3 Å². The molecule has 0 bridgehead atoms. The van der Waals surface area contributed by atoms with Crippen LogP contribution in [0, 0.1) is 40.9 Å². The summed E-state index contributed by atoms with van der Waals surface area (Å²) in [6.45, 7) is 7.29. The van der Waals surface area contributed by atoms with Gasteiger partial charge in [-0.05, 0) is 125 Å². The summed E-state index contributed by atoms with van der Waals surface area (Å²) in [7, 11) is 0. The first kappa shape index (κ1) is 28.8. The largest absolute Gasteiger partial charge is 0.425 e. The molecule has 5 fully saturated rings. The van der Waals surface area contributed by atoms with Gasteiger partial charge in [-0.2, -0.15) is 13.2 Å². The second-order valence-electron chi connectivity index (χ2n) is 15.4. The second kappa shape index (κ2) is 10.9. The molecule has 7 rings (SSSR count). The van der Waals surface area contributed by atoms with Gasteiger partial charge in [0.1, 0.15) is 0 Å². The second-order valence-corrected chi connectivity index (χ2v) is 15.4. The fourth-order valence-corrected chi connectivity index (χ4v) is 10.2. The molecular formula is C33H47F3N4O2. The van der Waals surface area contributed by atoms with E-state index >= 15 is 0 Å². The zero-order valence-electron chi connectivity index (χ0n) is 25.4. The molecule has 0 saturated heterocycles. The van der Waals surface area contributed by atoms with Crippen LogP contribution in [0.1, 0.15) is 158 Å². The van der Waals surface area contributed by atoms with Gasteiger partial charge in [-0.3, -0.25) is 0 Å². The van der Waals surface area contributed by atoms with Crippen LogP contribution in [0.3, 0.4) is 0 Å². The highest BCUT2D eigenvalue weighted by molar-refractivity contribution is 5.12. The minimum atomic E-state index is -4.10. The third-order valence-corrected chi connectivity index (χ3v) is 12.8. The highest BCUT2D eigenvalue weighted by Crippen LogP contribution is 2.66. The van der Waals surface area contributed by atoms with Crippen molar-refractivity contribution in [3.8, 4) is 0 Å². The van der Waals surface area contributed by atoms with Gasteiger partial charge < -0.3 is 8.83 Å². The summed E-state index contributed by atoms with van der Waals surface area (Å²) in [5, 5.41) is 18.0. The van der Waals surface area contributed by atoms with Crippen LogP contribution in [-0.2, 0) is 0 Å². The van der Waals surface area contributed by atoms with Crippen molar-refractivity contribution in [1.29, 1.82) is 0 Å². The number of hydrogen-bond donors (Lipinski definition) is 0. The molecule has 0 aliphatic heterocycles. The molecular weight excluding hydrogens is 541 g/mol. The van der Waals surface area contributed by atoms with Gasteiger partial charge >= 0.3 is 6.18 Å². The molecule has 9 heteroatoms. The zero-order chi connectivity index (χ0) is 29.2. The van der Waals surface area contributed by atoms with Crippen LogP contribution in [0.2, 0.25) is 0 Å². The monoisotopic (exact) mass is 588 g/mol. The highest BCUT2D eigenvalue weighted by atomic mass is 19.4. The number of alkyl halides is 3. The minimum absolute atomic E-state index is 0.0456. The van der Waals surface area contributed by atoms with E-state index in [9.17, 15) is 13.2 Å². The number of rotatable bonds is 4. The molecule has 232 valence electrons. The normalized spacial score (nSPS) is 40.4. The van der Waals surface area contributed by atoms with Gasteiger partial charge in [0, 0.05) is 23.7 Å². The van der Waals surface area contributed by atoms with Crippen molar-refractivity contribution in [3.63, 3.8) is 0 Å². The summed E-state index contributed by atoms with van der Waals surface area (Å²) >= 11 is 0. The Kier molecular flexibility index (Phi) is 7.48. The Hall–Kier alpha value is -1.93. The molecule has 5 aliphatic carbocycles. The molecule has 0 amide bonds. The Morgan fingerprint density at radius 1 is 0.571 bits per heavy atom. The maximum Gasteiger partial charge on any atom is 0.391 e. The van der Waals surface area contributed by atoms with Gasteiger partial charge in [0.15, 0.2) is 0 Å². The molecule has 6 atom stereocenters. The zero-order valence-corrected chi connectivity index (χ0v) is 25.4. The number of nitrogens with zero attached hydrogens (tertiary/aromatic N) is 4. The fraction of sp³-hybridized carbons (Fsp3) is 0.879. The molecule has 2 heterocycles. The number of aromatic nitrogens is 4. The van der Waals surface area contributed by atoms with Crippen molar-refractivity contribution >= 4 is 0 Å². The average molecular weight is 589 g/mol. The van der Waals surface area contributed by atoms with E-state index in [1.807, 2.05) is 0 Å². The van der Waals surface area contributed by atoms with Crippen molar-refractivity contribution < 1.29 is 22.0 Å². The lowest BCUT2D eigenvalue weighted by atomic mass is 9.65. The molecule has 6 nitrogen and oxygen atoms in total. The standard InChI is InChI=1S/C33H47F3N4O2/c1-18-4-6-19(7-5-18)28-37-39-30(41-28)21-10-14-24-25-15-11-22(17-27(25)32(2,3)26(24)16-21)31-40-38-29(42-31)20-8-12-23(13-9-20)33(34,35)36/h18-27H,4-17H2,1-3H3. The highest BCUT2D eigenvalue weighted by Gasteiger charge is 2.58. The van der Waals surface area contributed by atoms with Gasteiger partial charge in [-0.25, -0.2) is 0 Å². The Bertz CT molecular complexity index is 1220. The smallest absolute Gasteiger partial charge is 0.391 e. The predicted molar refractivity (Wildman–Crippen MR) is 151 cm³/mol. The van der Waals surface area contributed by atoms with Crippen molar-refractivity contribution in [2.75, 3.05) is 0 Å². The Labute approximate surface area is 247 Å². The molecule has 0 radical (unpaired) electrons. The fourth-order valence-electron chi connectivity index (χ4n) is 10.2. The summed E-state index contributed by atoms with van der Waals surface area (Å²) in [5.74, 6) is 6.31. The van der Waals surface area contributed by atoms with Crippen LogP contribution in [0.4, 0.5) is 13.2 Å². The first-order valence-corrected chi connectivity index (χ1v) is 16.8. The van der Waals surface area contributed by atoms with Gasteiger partial charge in [-0.1, -0.05) is 20.8 Å². The average Bonchev–Trinajstić information content (AvgIpc) is 3.71. The van der Waals surface area contributed by atoms with E-state index in [4.69, 9.17) is 8.83 Å². The first-order chi connectivity index (χ1) is 20.1. The van der Waals surface area contributed by atoms with Crippen LogP contribution in [0.25, 0.3) is 0 Å². The van der Waals surface area contributed by atoms with Crippen LogP contribution in [0.5, 0.6) is 0 Å². The van der Waals surface area contributed by atoms with Crippen molar-refractivity contribution in [2.45, 2.75) is 141 Å². The third kappa shape index (κ3) is 5.22. The van der Waals surface area contributed by atoms with E-state index in [0.717, 1.165) is 68.1 Å². The molecule has 5 saturated carbocycles. The molecule has 0 N–H and O–H groups in total. The Balaban J connectivity index is 0.996. The topological polar surface area (TPSA) is 77.8 Å². The predicted octanol–water partition coefficient (Wildman–Crippen LogP) is 9.32. The lowest BCUT2D eigenvalue weighted by Crippen LogP contribution is -2.32. The van der Waals surface area contributed by atoms with Crippen LogP contribution in [0.15, 0.2) is 8.83 Å². The van der Waals surface area contributed by atoms with Crippen molar-refractivity contribution in [3.05, 3.63) is 23.6 Å². The van der Waals surface area contributed by atoms with Crippen molar-refractivity contribution in [2.24, 2.45) is 40.9 Å². The van der Waals surface area contributed by atoms with E-state index in [2.05, 4.69) is 41.2 Å². The van der Waals surface area contributed by atoms with Gasteiger partial charge in [0.05, 0.1) is 5.92 Å². The molecule has 2 aromatic heterocycles. The quantitative estimate of drug-likeness (QED) is 0.354. The van der Waals surface area contributed by atoms with Crippen LogP contribution < -0.4 is 0 Å². The first-order valence-electron chi connectivity index (χ1n) is 16.8. The van der Waals surface area contributed by atoms with Gasteiger partial charge in [0.25, 0.3) is 0 Å². The maximum atomic E-state index is 13.1. The molecule has 6 unspecified atom stereocenters. The molecule has 2 aromatic rings. The lowest BCUT2D eigenvalue weighted by Gasteiger charge is -2.40. The van der Waals surface area contributed by atoms with Gasteiger partial charge in [0.2, 0.25) is 23.6 Å². The number of halogens is 3. The number of hydrogen-bond acceptors (Lipinski definition) is 6. The van der Waals surface area contributed by atoms with Gasteiger partial charge in [-0.15, -0.1) is 20.4 Å². The molecule has 5 aliphatic rings. The Morgan fingerprint density at radius 2 is 0.952 bits per heavy atom. The summed E-state index contributed by atoms with van der Waals surface area (Å²) in [5.41, 5.74) is 0.202. The van der Waals surface area contributed by atoms with E-state index in [1.165, 1.54) is 25.7 Å². The molecule has 42 heavy (non-hydrogen) atoms. The third-order valence-electron chi connectivity index (χ3n) is 12.8. The maximum absolute atomic E-state index is 13.1. The van der Waals surface area contributed by atoms with Crippen molar-refractivity contribution in [1.82, 2.24) is 20.4 Å². The SMILES string of the molecule is CC1CCC(c2nnc(C3CCC4C5CCC(c6nnc(C7CCC(C(F)(F)F)CC7)o6)CC5C(C)(C)C4C3)o2)CC1. The lowest BCUT2D eigenvalue weighted by molar-refractivity contribution is -0.182. The minimum Gasteiger partial charge on any atom is -0.425 e. The van der Waals surface area contributed by atoms with Crippen LogP contribution in [-0.4, -0.2) is 26.6 Å². The van der Waals surface area contributed by atoms with E-state index in [1.54, 1.807) is 0 Å². The van der Waals surface area contributed by atoms with E-state index in [-0.39, 0.29) is 30.1 Å².